The van der Waals surface area contributed by atoms with Crippen LogP contribution < -0.4 is 16.6 Å². The van der Waals surface area contributed by atoms with Crippen LogP contribution in [0.3, 0.4) is 0 Å². The van der Waals surface area contributed by atoms with Crippen LogP contribution in [0.5, 0.6) is 0 Å². The number of pyridine rings is 1. The maximum absolute atomic E-state index is 12.1. The maximum atomic E-state index is 12.1. The summed E-state index contributed by atoms with van der Waals surface area (Å²) in [6.07, 6.45) is 0.804. The average Bonchev–Trinajstić information content (AvgIpc) is 2.49. The summed E-state index contributed by atoms with van der Waals surface area (Å²) >= 11 is 0. The second-order valence-electron chi connectivity index (χ2n) is 5.06. The summed E-state index contributed by atoms with van der Waals surface area (Å²) in [6.45, 7) is 3.86. The van der Waals surface area contributed by atoms with Crippen LogP contribution >= 0.6 is 0 Å². The van der Waals surface area contributed by atoms with Crippen LogP contribution in [0.4, 0.5) is 0 Å². The molecule has 2 aromatic heterocycles. The van der Waals surface area contributed by atoms with E-state index in [1.54, 1.807) is 0 Å². The van der Waals surface area contributed by atoms with Crippen LogP contribution in [0.15, 0.2) is 21.7 Å². The summed E-state index contributed by atoms with van der Waals surface area (Å²) in [7, 11) is 2.93. The van der Waals surface area contributed by atoms with Crippen molar-refractivity contribution < 1.29 is 4.79 Å². The highest BCUT2D eigenvalue weighted by atomic mass is 16.2. The Balaban J connectivity index is 2.60. The first-order chi connectivity index (χ1) is 9.86. The first-order valence-corrected chi connectivity index (χ1v) is 6.74. The summed E-state index contributed by atoms with van der Waals surface area (Å²) in [5, 5.41) is 3.10. The molecule has 7 nitrogen and oxygen atoms in total. The predicted octanol–water partition coefficient (Wildman–Crippen LogP) is 0.160. The minimum Gasteiger partial charge on any atom is -0.348 e. The number of carbonyl (C=O) groups is 1. The monoisotopic (exact) mass is 290 g/mol. The second-order valence-corrected chi connectivity index (χ2v) is 5.06. The van der Waals surface area contributed by atoms with Crippen molar-refractivity contribution in [1.29, 1.82) is 0 Å². The molecule has 0 radical (unpaired) electrons. The van der Waals surface area contributed by atoms with E-state index in [-0.39, 0.29) is 23.3 Å². The highest BCUT2D eigenvalue weighted by Crippen LogP contribution is 2.06. The van der Waals surface area contributed by atoms with E-state index in [1.165, 1.54) is 30.8 Å². The van der Waals surface area contributed by atoms with E-state index in [1.807, 2.05) is 13.8 Å². The van der Waals surface area contributed by atoms with Gasteiger partial charge < -0.3 is 5.32 Å². The standard InChI is InChI=1S/C14H18N4O3/c1-5-8(2)15-12(19)10-7-6-9-11(16-10)17(3)14(21)18(4)13(9)20/h6-8H,5H2,1-4H3,(H,15,19)/t8-/m1/s1. The molecule has 0 aliphatic heterocycles. The lowest BCUT2D eigenvalue weighted by Crippen LogP contribution is -2.38. The molecule has 2 heterocycles. The van der Waals surface area contributed by atoms with Crippen LogP contribution in [-0.4, -0.2) is 26.1 Å². The number of fused-ring (bicyclic) bond motifs is 1. The average molecular weight is 290 g/mol. The lowest BCUT2D eigenvalue weighted by molar-refractivity contribution is 0.0934. The highest BCUT2D eigenvalue weighted by molar-refractivity contribution is 5.94. The first kappa shape index (κ1) is 15.0. The second kappa shape index (κ2) is 5.51. The molecule has 1 N–H and O–H groups in total. The molecule has 2 aromatic rings. The first-order valence-electron chi connectivity index (χ1n) is 6.74. The quantitative estimate of drug-likeness (QED) is 0.872. The third-order valence-electron chi connectivity index (χ3n) is 3.52. The van der Waals surface area contributed by atoms with E-state index in [0.717, 1.165) is 11.0 Å². The van der Waals surface area contributed by atoms with Crippen LogP contribution in [0.25, 0.3) is 11.0 Å². The number of rotatable bonds is 3. The Bertz CT molecular complexity index is 819. The molecule has 0 aliphatic rings. The molecule has 1 atom stereocenters. The number of hydrogen-bond acceptors (Lipinski definition) is 4. The fourth-order valence-corrected chi connectivity index (χ4v) is 1.98. The van der Waals surface area contributed by atoms with Gasteiger partial charge in [0.15, 0.2) is 0 Å². The number of hydrogen-bond donors (Lipinski definition) is 1. The van der Waals surface area contributed by atoms with Crippen molar-refractivity contribution in [3.05, 3.63) is 38.7 Å². The van der Waals surface area contributed by atoms with Gasteiger partial charge in [0.2, 0.25) is 0 Å². The van der Waals surface area contributed by atoms with Gasteiger partial charge in [-0.3, -0.25) is 18.7 Å². The van der Waals surface area contributed by atoms with Crippen molar-refractivity contribution in [3.8, 4) is 0 Å². The van der Waals surface area contributed by atoms with Gasteiger partial charge in [0.25, 0.3) is 11.5 Å². The maximum Gasteiger partial charge on any atom is 0.332 e. The number of aryl methyl sites for hydroxylation is 1. The van der Waals surface area contributed by atoms with E-state index in [0.29, 0.717) is 5.39 Å². The molecule has 0 aromatic carbocycles. The van der Waals surface area contributed by atoms with Crippen molar-refractivity contribution in [2.75, 3.05) is 0 Å². The van der Waals surface area contributed by atoms with E-state index in [4.69, 9.17) is 0 Å². The van der Waals surface area contributed by atoms with Crippen LogP contribution in [0.1, 0.15) is 30.8 Å². The Labute approximate surface area is 121 Å². The highest BCUT2D eigenvalue weighted by Gasteiger charge is 2.14. The van der Waals surface area contributed by atoms with Crippen LogP contribution in [0.2, 0.25) is 0 Å². The lowest BCUT2D eigenvalue weighted by atomic mass is 10.2. The normalized spacial score (nSPS) is 12.4. The third kappa shape index (κ3) is 2.58. The minimum atomic E-state index is -0.473. The summed E-state index contributed by atoms with van der Waals surface area (Å²) in [5.41, 5.74) is -0.500. The van der Waals surface area contributed by atoms with Gasteiger partial charge in [0.05, 0.1) is 5.39 Å². The van der Waals surface area contributed by atoms with Gasteiger partial charge in [-0.2, -0.15) is 0 Å². The van der Waals surface area contributed by atoms with Gasteiger partial charge in [-0.1, -0.05) is 6.92 Å². The zero-order valence-corrected chi connectivity index (χ0v) is 12.5. The molecule has 2 rings (SSSR count). The smallest absolute Gasteiger partial charge is 0.332 e. The molecule has 0 fully saturated rings. The lowest BCUT2D eigenvalue weighted by Gasteiger charge is -2.12. The Kier molecular flexibility index (Phi) is 3.93. The summed E-state index contributed by atoms with van der Waals surface area (Å²) < 4.78 is 2.28. The van der Waals surface area contributed by atoms with E-state index in [9.17, 15) is 14.4 Å². The molecule has 21 heavy (non-hydrogen) atoms. The molecule has 7 heteroatoms. The molecular weight excluding hydrogens is 272 g/mol. The van der Waals surface area contributed by atoms with Gasteiger partial charge in [-0.05, 0) is 25.5 Å². The largest absolute Gasteiger partial charge is 0.348 e. The van der Waals surface area contributed by atoms with Crippen molar-refractivity contribution in [2.45, 2.75) is 26.3 Å². The van der Waals surface area contributed by atoms with Crippen molar-refractivity contribution in [2.24, 2.45) is 14.1 Å². The zero-order chi connectivity index (χ0) is 15.7. The number of nitrogens with one attached hydrogen (secondary N) is 1. The van der Waals surface area contributed by atoms with E-state index < -0.39 is 11.2 Å². The Hall–Kier alpha value is -2.44. The zero-order valence-electron chi connectivity index (χ0n) is 12.5. The predicted molar refractivity (Wildman–Crippen MR) is 79.4 cm³/mol. The van der Waals surface area contributed by atoms with Gasteiger partial charge in [-0.15, -0.1) is 0 Å². The van der Waals surface area contributed by atoms with Crippen LogP contribution in [-0.2, 0) is 14.1 Å². The van der Waals surface area contributed by atoms with Crippen molar-refractivity contribution >= 4 is 16.9 Å². The molecule has 0 unspecified atom stereocenters. The summed E-state index contributed by atoms with van der Waals surface area (Å²) in [6, 6.07) is 3.05. The minimum absolute atomic E-state index is 0.0301. The molecule has 1 amide bonds. The topological polar surface area (TPSA) is 86.0 Å². The molecule has 112 valence electrons. The summed E-state index contributed by atoms with van der Waals surface area (Å²) in [5.74, 6) is -0.320. The Morgan fingerprint density at radius 2 is 1.95 bits per heavy atom. The Morgan fingerprint density at radius 1 is 1.29 bits per heavy atom. The van der Waals surface area contributed by atoms with Gasteiger partial charge >= 0.3 is 5.69 Å². The number of amides is 1. The Morgan fingerprint density at radius 3 is 2.57 bits per heavy atom. The SMILES string of the molecule is CC[C@@H](C)NC(=O)c1ccc2c(=O)n(C)c(=O)n(C)c2n1. The van der Waals surface area contributed by atoms with Gasteiger partial charge in [0, 0.05) is 20.1 Å². The fourth-order valence-electron chi connectivity index (χ4n) is 1.98. The molecule has 0 saturated heterocycles. The molecule has 0 bridgehead atoms. The third-order valence-corrected chi connectivity index (χ3v) is 3.52. The van der Waals surface area contributed by atoms with Crippen molar-refractivity contribution in [3.63, 3.8) is 0 Å². The molecule has 0 saturated carbocycles. The molecule has 0 spiro atoms. The van der Waals surface area contributed by atoms with Crippen molar-refractivity contribution in [1.82, 2.24) is 19.4 Å². The molecular formula is C14H18N4O3. The molecule has 0 aliphatic carbocycles. The number of carbonyl (C=O) groups excluding carboxylic acids is 1. The van der Waals surface area contributed by atoms with Gasteiger partial charge in [0.1, 0.15) is 11.3 Å². The van der Waals surface area contributed by atoms with E-state index in [2.05, 4.69) is 10.3 Å². The van der Waals surface area contributed by atoms with Gasteiger partial charge in [-0.25, -0.2) is 9.78 Å². The summed E-state index contributed by atoms with van der Waals surface area (Å²) in [4.78, 5) is 40.1. The van der Waals surface area contributed by atoms with E-state index >= 15 is 0 Å². The number of aromatic nitrogens is 3. The van der Waals surface area contributed by atoms with Crippen LogP contribution in [0, 0.1) is 0 Å². The fraction of sp³-hybridized carbons (Fsp3) is 0.429. The number of nitrogens with zero attached hydrogens (tertiary/aromatic N) is 3.